The highest BCUT2D eigenvalue weighted by Gasteiger charge is 2.28. The molecule has 3 heteroatoms. The Bertz CT molecular complexity index is 681. The summed E-state index contributed by atoms with van der Waals surface area (Å²) in [5, 5.41) is 11.5. The van der Waals surface area contributed by atoms with E-state index in [1.807, 2.05) is 24.4 Å². The van der Waals surface area contributed by atoms with Gasteiger partial charge in [0.05, 0.1) is 0 Å². The number of hydrogen-bond acceptors (Lipinski definition) is 2. The predicted molar refractivity (Wildman–Crippen MR) is 98.4 cm³/mol. The third-order valence-electron chi connectivity index (χ3n) is 4.09. The topological polar surface area (TPSA) is 32.6 Å². The SMILES string of the molecule is CCC(C)(Pc1ccccc1/C=N/C)c1cc(C)ccc1O. The molecule has 0 heterocycles. The van der Waals surface area contributed by atoms with Gasteiger partial charge in [0.25, 0.3) is 0 Å². The summed E-state index contributed by atoms with van der Waals surface area (Å²) < 4.78 is 0. The summed E-state index contributed by atoms with van der Waals surface area (Å²) in [6, 6.07) is 14.2. The van der Waals surface area contributed by atoms with Gasteiger partial charge in [0, 0.05) is 24.0 Å². The van der Waals surface area contributed by atoms with Crippen molar-refractivity contribution in [2.45, 2.75) is 32.3 Å². The number of aromatic hydroxyl groups is 1. The smallest absolute Gasteiger partial charge is 0.119 e. The van der Waals surface area contributed by atoms with E-state index in [9.17, 15) is 5.11 Å². The molecule has 2 aromatic rings. The first-order valence-corrected chi connectivity index (χ1v) is 8.59. The zero-order chi connectivity index (χ0) is 16.2. The highest BCUT2D eigenvalue weighted by atomic mass is 31.1. The van der Waals surface area contributed by atoms with E-state index < -0.39 is 0 Å². The predicted octanol–water partition coefficient (Wildman–Crippen LogP) is 4.38. The minimum atomic E-state index is -0.0756. The molecule has 116 valence electrons. The Kier molecular flexibility index (Phi) is 5.37. The largest absolute Gasteiger partial charge is 0.508 e. The number of phenolic OH excluding ortho intramolecular Hbond substituents is 1. The first kappa shape index (κ1) is 16.7. The Morgan fingerprint density at radius 3 is 2.64 bits per heavy atom. The Hall–Kier alpha value is -1.66. The first-order valence-electron chi connectivity index (χ1n) is 7.59. The van der Waals surface area contributed by atoms with Crippen LogP contribution in [0.4, 0.5) is 0 Å². The van der Waals surface area contributed by atoms with Crippen LogP contribution in [0.5, 0.6) is 5.75 Å². The summed E-state index contributed by atoms with van der Waals surface area (Å²) in [4.78, 5) is 4.16. The van der Waals surface area contributed by atoms with Crippen molar-refractivity contribution in [2.24, 2.45) is 4.99 Å². The van der Waals surface area contributed by atoms with Crippen molar-refractivity contribution in [1.82, 2.24) is 0 Å². The van der Waals surface area contributed by atoms with Gasteiger partial charge in [-0.15, -0.1) is 0 Å². The lowest BCUT2D eigenvalue weighted by molar-refractivity contribution is 0.456. The Labute approximate surface area is 135 Å². The van der Waals surface area contributed by atoms with E-state index in [1.54, 1.807) is 7.05 Å². The van der Waals surface area contributed by atoms with Crippen molar-refractivity contribution in [3.63, 3.8) is 0 Å². The lowest BCUT2D eigenvalue weighted by atomic mass is 9.95. The van der Waals surface area contributed by atoms with Crippen molar-refractivity contribution in [2.75, 3.05) is 7.05 Å². The molecule has 2 nitrogen and oxygen atoms in total. The van der Waals surface area contributed by atoms with E-state index in [0.29, 0.717) is 14.3 Å². The lowest BCUT2D eigenvalue weighted by Gasteiger charge is -2.30. The Morgan fingerprint density at radius 2 is 1.95 bits per heavy atom. The molecular weight excluding hydrogens is 289 g/mol. The van der Waals surface area contributed by atoms with Gasteiger partial charge < -0.3 is 5.11 Å². The fourth-order valence-electron chi connectivity index (χ4n) is 2.60. The molecule has 0 fully saturated rings. The van der Waals surface area contributed by atoms with Gasteiger partial charge in [-0.3, -0.25) is 4.99 Å². The van der Waals surface area contributed by atoms with Crippen molar-refractivity contribution < 1.29 is 5.11 Å². The molecular formula is C19H24NOP. The molecule has 0 saturated heterocycles. The average molecular weight is 313 g/mol. The zero-order valence-corrected chi connectivity index (χ0v) is 14.7. The second kappa shape index (κ2) is 7.07. The summed E-state index contributed by atoms with van der Waals surface area (Å²) in [7, 11) is 2.37. The van der Waals surface area contributed by atoms with Gasteiger partial charge in [-0.05, 0) is 30.3 Å². The number of nitrogens with zero attached hydrogens (tertiary/aromatic N) is 1. The molecule has 2 aromatic carbocycles. The minimum Gasteiger partial charge on any atom is -0.508 e. The van der Waals surface area contributed by atoms with Crippen molar-refractivity contribution >= 4 is 20.1 Å². The third kappa shape index (κ3) is 3.56. The van der Waals surface area contributed by atoms with Crippen LogP contribution in [0.1, 0.15) is 37.0 Å². The van der Waals surface area contributed by atoms with Crippen LogP contribution in [0.25, 0.3) is 0 Å². The number of phenols is 1. The molecule has 1 N–H and O–H groups in total. The third-order valence-corrected chi connectivity index (χ3v) is 5.99. The molecule has 0 radical (unpaired) electrons. The van der Waals surface area contributed by atoms with Crippen LogP contribution < -0.4 is 5.30 Å². The van der Waals surface area contributed by atoms with E-state index in [4.69, 9.17) is 0 Å². The normalized spacial score (nSPS) is 14.7. The van der Waals surface area contributed by atoms with Crippen LogP contribution in [0, 0.1) is 6.92 Å². The summed E-state index contributed by atoms with van der Waals surface area (Å²) in [5.74, 6) is 0.393. The van der Waals surface area contributed by atoms with E-state index in [0.717, 1.165) is 17.5 Å². The minimum absolute atomic E-state index is 0.0756. The molecule has 0 amide bonds. The van der Waals surface area contributed by atoms with E-state index >= 15 is 0 Å². The second-order valence-corrected chi connectivity index (χ2v) is 7.70. The van der Waals surface area contributed by atoms with E-state index in [-0.39, 0.29) is 5.16 Å². The molecule has 0 spiro atoms. The van der Waals surface area contributed by atoms with Crippen LogP contribution in [0.2, 0.25) is 0 Å². The maximum absolute atomic E-state index is 10.3. The second-order valence-electron chi connectivity index (χ2n) is 5.81. The Morgan fingerprint density at radius 1 is 1.23 bits per heavy atom. The van der Waals surface area contributed by atoms with Crippen molar-refractivity contribution in [1.29, 1.82) is 0 Å². The Balaban J connectivity index is 2.46. The van der Waals surface area contributed by atoms with Gasteiger partial charge in [-0.1, -0.05) is 64.4 Å². The molecule has 0 aliphatic heterocycles. The number of rotatable bonds is 5. The van der Waals surface area contributed by atoms with Crippen LogP contribution in [-0.2, 0) is 5.16 Å². The standard InChI is InChI=1S/C19H24NOP/c1-5-19(3,16-12-14(2)10-11-17(16)21)22-18-9-7-6-8-15(18)13-20-4/h6-13,21-22H,5H2,1-4H3/b20-13+. The summed E-state index contributed by atoms with van der Waals surface area (Å²) in [6.45, 7) is 6.49. The van der Waals surface area contributed by atoms with Gasteiger partial charge in [-0.25, -0.2) is 0 Å². The summed E-state index contributed by atoms with van der Waals surface area (Å²) in [6.07, 6.45) is 2.88. The summed E-state index contributed by atoms with van der Waals surface area (Å²) in [5.41, 5.74) is 3.38. The molecule has 0 aromatic heterocycles. The highest BCUT2D eigenvalue weighted by Crippen LogP contribution is 2.47. The maximum atomic E-state index is 10.3. The van der Waals surface area contributed by atoms with Gasteiger partial charge in [0.2, 0.25) is 0 Å². The monoisotopic (exact) mass is 313 g/mol. The zero-order valence-electron chi connectivity index (χ0n) is 13.7. The number of benzene rings is 2. The van der Waals surface area contributed by atoms with Crippen LogP contribution in [-0.4, -0.2) is 18.4 Å². The van der Waals surface area contributed by atoms with Gasteiger partial charge in [-0.2, -0.15) is 0 Å². The quantitative estimate of drug-likeness (QED) is 0.645. The molecule has 2 rings (SSSR count). The van der Waals surface area contributed by atoms with Gasteiger partial charge in [0.1, 0.15) is 5.75 Å². The van der Waals surface area contributed by atoms with E-state index in [2.05, 4.69) is 50.0 Å². The fourth-order valence-corrected chi connectivity index (χ4v) is 4.18. The molecule has 0 aliphatic rings. The summed E-state index contributed by atoms with van der Waals surface area (Å²) >= 11 is 0. The van der Waals surface area contributed by atoms with Crippen molar-refractivity contribution in [3.05, 3.63) is 59.2 Å². The molecule has 0 bridgehead atoms. The fraction of sp³-hybridized carbons (Fsp3) is 0.316. The molecule has 0 aliphatic carbocycles. The van der Waals surface area contributed by atoms with E-state index in [1.165, 1.54) is 10.9 Å². The molecule has 2 unspecified atom stereocenters. The average Bonchev–Trinajstić information content (AvgIpc) is 2.52. The van der Waals surface area contributed by atoms with Crippen LogP contribution >= 0.6 is 8.58 Å². The van der Waals surface area contributed by atoms with Crippen molar-refractivity contribution in [3.8, 4) is 5.75 Å². The molecule has 2 atom stereocenters. The number of aryl methyl sites for hydroxylation is 1. The molecule has 0 saturated carbocycles. The van der Waals surface area contributed by atoms with Crippen LogP contribution in [0.15, 0.2) is 47.5 Å². The highest BCUT2D eigenvalue weighted by molar-refractivity contribution is 7.48. The number of hydrogen-bond donors (Lipinski definition) is 1. The first-order chi connectivity index (χ1) is 10.5. The van der Waals surface area contributed by atoms with Crippen LogP contribution in [0.3, 0.4) is 0 Å². The maximum Gasteiger partial charge on any atom is 0.119 e. The van der Waals surface area contributed by atoms with Gasteiger partial charge in [0.15, 0.2) is 0 Å². The lowest BCUT2D eigenvalue weighted by Crippen LogP contribution is -2.20. The number of aliphatic imine (C=N–C) groups is 1. The van der Waals surface area contributed by atoms with Gasteiger partial charge >= 0.3 is 0 Å². The molecule has 22 heavy (non-hydrogen) atoms.